The molecule has 16 heavy (non-hydrogen) atoms. The first kappa shape index (κ1) is 11.1. The van der Waals surface area contributed by atoms with Crippen molar-refractivity contribution in [3.05, 3.63) is 35.7 Å². The molecule has 0 N–H and O–H groups in total. The van der Waals surface area contributed by atoms with E-state index in [1.54, 1.807) is 0 Å². The monoisotopic (exact) mass is 236 g/mol. The standard InChI is InChI=1S/C12H13ClN2O/c1-8(2)9-3-5-10(6-4-9)12-14-11(7-13)15-16-12/h3-6,8H,7H2,1-2H3. The molecule has 1 aromatic heterocycles. The summed E-state index contributed by atoms with van der Waals surface area (Å²) >= 11 is 5.61. The topological polar surface area (TPSA) is 38.9 Å². The fraction of sp³-hybridized carbons (Fsp3) is 0.333. The van der Waals surface area contributed by atoms with Gasteiger partial charge in [-0.25, -0.2) is 0 Å². The summed E-state index contributed by atoms with van der Waals surface area (Å²) in [6.45, 7) is 4.32. The minimum atomic E-state index is 0.271. The zero-order valence-electron chi connectivity index (χ0n) is 9.27. The summed E-state index contributed by atoms with van der Waals surface area (Å²) in [5.41, 5.74) is 2.22. The normalized spacial score (nSPS) is 11.0. The van der Waals surface area contributed by atoms with Crippen LogP contribution in [-0.4, -0.2) is 10.1 Å². The second kappa shape index (κ2) is 4.66. The van der Waals surface area contributed by atoms with E-state index in [2.05, 4.69) is 36.1 Å². The molecule has 2 aromatic rings. The zero-order valence-corrected chi connectivity index (χ0v) is 10.0. The highest BCUT2D eigenvalue weighted by Gasteiger charge is 2.08. The van der Waals surface area contributed by atoms with Crippen molar-refractivity contribution >= 4 is 11.6 Å². The second-order valence-corrected chi connectivity index (χ2v) is 4.19. The van der Waals surface area contributed by atoms with Crippen molar-refractivity contribution in [2.45, 2.75) is 25.6 Å². The lowest BCUT2D eigenvalue weighted by molar-refractivity contribution is 0.425. The lowest BCUT2D eigenvalue weighted by Gasteiger charge is -2.04. The van der Waals surface area contributed by atoms with Crippen LogP contribution in [0.4, 0.5) is 0 Å². The van der Waals surface area contributed by atoms with Gasteiger partial charge in [-0.1, -0.05) is 31.1 Å². The molecule has 0 amide bonds. The summed E-state index contributed by atoms with van der Waals surface area (Å²) in [7, 11) is 0. The summed E-state index contributed by atoms with van der Waals surface area (Å²) in [5, 5.41) is 3.75. The van der Waals surface area contributed by atoms with E-state index in [-0.39, 0.29) is 5.88 Å². The molecule has 0 aliphatic rings. The maximum atomic E-state index is 5.61. The smallest absolute Gasteiger partial charge is 0.257 e. The van der Waals surface area contributed by atoms with Gasteiger partial charge in [0.15, 0.2) is 5.82 Å². The van der Waals surface area contributed by atoms with Gasteiger partial charge >= 0.3 is 0 Å². The SMILES string of the molecule is CC(C)c1ccc(-c2nc(CCl)no2)cc1. The highest BCUT2D eigenvalue weighted by molar-refractivity contribution is 6.16. The van der Waals surface area contributed by atoms with E-state index in [4.69, 9.17) is 16.1 Å². The van der Waals surface area contributed by atoms with Crippen LogP contribution in [-0.2, 0) is 5.88 Å². The van der Waals surface area contributed by atoms with Crippen LogP contribution in [0.2, 0.25) is 0 Å². The van der Waals surface area contributed by atoms with Crippen molar-refractivity contribution in [2.24, 2.45) is 0 Å². The first-order chi connectivity index (χ1) is 7.70. The maximum absolute atomic E-state index is 5.61. The van der Waals surface area contributed by atoms with E-state index < -0.39 is 0 Å². The van der Waals surface area contributed by atoms with Crippen LogP contribution in [0.5, 0.6) is 0 Å². The van der Waals surface area contributed by atoms with Crippen LogP contribution < -0.4 is 0 Å². The van der Waals surface area contributed by atoms with E-state index in [0.29, 0.717) is 17.6 Å². The molecular formula is C12H13ClN2O. The van der Waals surface area contributed by atoms with Gasteiger partial charge in [-0.15, -0.1) is 11.6 Å². The van der Waals surface area contributed by atoms with E-state index in [0.717, 1.165) is 5.56 Å². The number of aromatic nitrogens is 2. The van der Waals surface area contributed by atoms with Gasteiger partial charge in [0.25, 0.3) is 5.89 Å². The Hall–Kier alpha value is -1.35. The Bertz CT molecular complexity index is 462. The van der Waals surface area contributed by atoms with Gasteiger partial charge in [-0.3, -0.25) is 0 Å². The average Bonchev–Trinajstić information content (AvgIpc) is 2.77. The Morgan fingerprint density at radius 1 is 1.25 bits per heavy atom. The number of hydrogen-bond donors (Lipinski definition) is 0. The number of halogens is 1. The van der Waals surface area contributed by atoms with Crippen LogP contribution in [0, 0.1) is 0 Å². The van der Waals surface area contributed by atoms with Crippen molar-refractivity contribution in [1.82, 2.24) is 10.1 Å². The quantitative estimate of drug-likeness (QED) is 0.765. The predicted molar refractivity (Wildman–Crippen MR) is 63.4 cm³/mol. The van der Waals surface area contributed by atoms with Crippen molar-refractivity contribution in [2.75, 3.05) is 0 Å². The molecule has 0 fully saturated rings. The Morgan fingerprint density at radius 2 is 1.94 bits per heavy atom. The third-order valence-corrected chi connectivity index (χ3v) is 2.65. The molecule has 0 aliphatic carbocycles. The molecular weight excluding hydrogens is 224 g/mol. The summed E-state index contributed by atoms with van der Waals surface area (Å²) in [5.74, 6) is 1.83. The number of rotatable bonds is 3. The van der Waals surface area contributed by atoms with Crippen molar-refractivity contribution in [1.29, 1.82) is 0 Å². The van der Waals surface area contributed by atoms with Gasteiger partial charge in [-0.05, 0) is 23.6 Å². The molecule has 0 saturated heterocycles. The zero-order chi connectivity index (χ0) is 11.5. The maximum Gasteiger partial charge on any atom is 0.257 e. The van der Waals surface area contributed by atoms with Gasteiger partial charge in [0.1, 0.15) is 0 Å². The Labute approximate surface area is 99.4 Å². The van der Waals surface area contributed by atoms with E-state index in [1.807, 2.05) is 12.1 Å². The molecule has 0 atom stereocenters. The van der Waals surface area contributed by atoms with Gasteiger partial charge in [-0.2, -0.15) is 4.98 Å². The Morgan fingerprint density at radius 3 is 2.44 bits per heavy atom. The third-order valence-electron chi connectivity index (χ3n) is 2.41. The molecule has 4 heteroatoms. The van der Waals surface area contributed by atoms with Crippen LogP contribution >= 0.6 is 11.6 Å². The van der Waals surface area contributed by atoms with E-state index in [9.17, 15) is 0 Å². The Kier molecular flexibility index (Phi) is 3.25. The highest BCUT2D eigenvalue weighted by Crippen LogP contribution is 2.21. The minimum absolute atomic E-state index is 0.271. The average molecular weight is 237 g/mol. The molecule has 0 bridgehead atoms. The molecule has 0 aliphatic heterocycles. The molecule has 0 saturated carbocycles. The predicted octanol–water partition coefficient (Wildman–Crippen LogP) is 3.60. The molecule has 3 nitrogen and oxygen atoms in total. The summed E-state index contributed by atoms with van der Waals surface area (Å²) < 4.78 is 5.10. The molecule has 1 heterocycles. The van der Waals surface area contributed by atoms with Crippen molar-refractivity contribution < 1.29 is 4.52 Å². The summed E-state index contributed by atoms with van der Waals surface area (Å²) in [6.07, 6.45) is 0. The summed E-state index contributed by atoms with van der Waals surface area (Å²) in [4.78, 5) is 4.16. The number of nitrogens with zero attached hydrogens (tertiary/aromatic N) is 2. The van der Waals surface area contributed by atoms with Crippen LogP contribution in [0.3, 0.4) is 0 Å². The van der Waals surface area contributed by atoms with Crippen LogP contribution in [0.1, 0.15) is 31.2 Å². The highest BCUT2D eigenvalue weighted by atomic mass is 35.5. The van der Waals surface area contributed by atoms with Gasteiger partial charge in [0, 0.05) is 5.56 Å². The largest absolute Gasteiger partial charge is 0.334 e. The van der Waals surface area contributed by atoms with Gasteiger partial charge in [0.2, 0.25) is 0 Å². The van der Waals surface area contributed by atoms with E-state index >= 15 is 0 Å². The lowest BCUT2D eigenvalue weighted by atomic mass is 10.0. The van der Waals surface area contributed by atoms with E-state index in [1.165, 1.54) is 5.56 Å². The minimum Gasteiger partial charge on any atom is -0.334 e. The van der Waals surface area contributed by atoms with Crippen molar-refractivity contribution in [3.8, 4) is 11.5 Å². The molecule has 84 valence electrons. The molecule has 1 aromatic carbocycles. The third kappa shape index (κ3) is 2.25. The number of hydrogen-bond acceptors (Lipinski definition) is 3. The number of benzene rings is 1. The molecule has 0 spiro atoms. The second-order valence-electron chi connectivity index (χ2n) is 3.93. The lowest BCUT2D eigenvalue weighted by Crippen LogP contribution is -1.87. The van der Waals surface area contributed by atoms with Gasteiger partial charge < -0.3 is 4.52 Å². The van der Waals surface area contributed by atoms with Crippen molar-refractivity contribution in [3.63, 3.8) is 0 Å². The molecule has 0 radical (unpaired) electrons. The summed E-state index contributed by atoms with van der Waals surface area (Å²) in [6, 6.07) is 8.12. The van der Waals surface area contributed by atoms with Crippen LogP contribution in [0.15, 0.2) is 28.8 Å². The Balaban J connectivity index is 2.27. The molecule has 0 unspecified atom stereocenters. The van der Waals surface area contributed by atoms with Gasteiger partial charge in [0.05, 0.1) is 5.88 Å². The van der Waals surface area contributed by atoms with Crippen LogP contribution in [0.25, 0.3) is 11.5 Å². The fourth-order valence-corrected chi connectivity index (χ4v) is 1.54. The fourth-order valence-electron chi connectivity index (χ4n) is 1.44. The first-order valence-corrected chi connectivity index (χ1v) is 5.73. The first-order valence-electron chi connectivity index (χ1n) is 5.19. The number of alkyl halides is 1. The molecule has 2 rings (SSSR count).